The Hall–Kier alpha value is -2.06. The van der Waals surface area contributed by atoms with E-state index >= 15 is 0 Å². The van der Waals surface area contributed by atoms with E-state index < -0.39 is 5.54 Å². The molecule has 2 fully saturated rings. The molecule has 2 amide bonds. The molecule has 3 heterocycles. The molecule has 2 unspecified atom stereocenters. The molecule has 2 saturated heterocycles. The minimum Gasteiger partial charge on any atom is -0.357 e. The minimum absolute atomic E-state index is 0.0374. The molecule has 0 aliphatic carbocycles. The van der Waals surface area contributed by atoms with Gasteiger partial charge in [0.2, 0.25) is 5.91 Å². The highest BCUT2D eigenvalue weighted by Crippen LogP contribution is 2.37. The average molecular weight is 563 g/mol. The van der Waals surface area contributed by atoms with Gasteiger partial charge in [-0.05, 0) is 88.0 Å². The molecule has 2 aliphatic heterocycles. The van der Waals surface area contributed by atoms with Gasteiger partial charge in [-0.3, -0.25) is 14.5 Å². The number of likely N-dealkylation sites (tertiary alicyclic amines) is 1. The molecule has 2 N–H and O–H groups in total. The van der Waals surface area contributed by atoms with Gasteiger partial charge in [0.25, 0.3) is 5.91 Å². The molecule has 2 aromatic rings. The Kier molecular flexibility index (Phi) is 9.79. The Balaban J connectivity index is 1.56. The number of hydrogen-bond donors (Lipinski definition) is 2. The van der Waals surface area contributed by atoms with Gasteiger partial charge in [0, 0.05) is 45.8 Å². The van der Waals surface area contributed by atoms with Crippen LogP contribution in [0.15, 0.2) is 36.5 Å². The van der Waals surface area contributed by atoms with E-state index in [1.54, 1.807) is 22.1 Å². The SMILES string of the molecule is CN(C)C(=O)C1(N2CCCCC2CCC(CN(C)C(=O)c2ccc[nH]2)c2ccc(Cl)c(Cl)c2)CCNCC1. The first-order chi connectivity index (χ1) is 18.2. The fourth-order valence-corrected chi connectivity index (χ4v) is 6.66. The van der Waals surface area contributed by atoms with E-state index in [1.165, 1.54) is 6.42 Å². The molecule has 0 saturated carbocycles. The standard InChI is InChI=1S/C29H41Cl2N5O2/c1-34(2)28(38)29(13-16-32-17-14-29)36-18-5-4-7-23(36)11-9-22(21-10-12-24(30)25(31)19-21)20-35(3)27(37)26-8-6-15-33-26/h6,8,10,12,15,19,22-23,32-33H,4-5,7,9,11,13-14,16-18,20H2,1-3H3. The highest BCUT2D eigenvalue weighted by Gasteiger charge is 2.48. The van der Waals surface area contributed by atoms with Crippen molar-refractivity contribution in [3.63, 3.8) is 0 Å². The number of halogens is 2. The lowest BCUT2D eigenvalue weighted by molar-refractivity contribution is -0.148. The second-order valence-corrected chi connectivity index (χ2v) is 11.9. The summed E-state index contributed by atoms with van der Waals surface area (Å²) >= 11 is 12.7. The Morgan fingerprint density at radius 3 is 2.53 bits per heavy atom. The summed E-state index contributed by atoms with van der Waals surface area (Å²) in [7, 11) is 5.60. The van der Waals surface area contributed by atoms with Crippen LogP contribution in [0.3, 0.4) is 0 Å². The molecule has 1 aromatic heterocycles. The number of benzene rings is 1. The first kappa shape index (κ1) is 28.9. The maximum Gasteiger partial charge on any atom is 0.270 e. The van der Waals surface area contributed by atoms with Crippen molar-refractivity contribution in [2.75, 3.05) is 47.3 Å². The van der Waals surface area contributed by atoms with Crippen LogP contribution in [0.4, 0.5) is 0 Å². The number of rotatable bonds is 9. The second-order valence-electron chi connectivity index (χ2n) is 11.0. The molecule has 1 aromatic carbocycles. The van der Waals surface area contributed by atoms with E-state index in [-0.39, 0.29) is 17.7 Å². The van der Waals surface area contributed by atoms with Gasteiger partial charge in [-0.1, -0.05) is 35.7 Å². The van der Waals surface area contributed by atoms with Gasteiger partial charge >= 0.3 is 0 Å². The normalized spacial score (nSPS) is 20.6. The number of nitrogens with one attached hydrogen (secondary N) is 2. The lowest BCUT2D eigenvalue weighted by atomic mass is 9.80. The highest BCUT2D eigenvalue weighted by molar-refractivity contribution is 6.42. The summed E-state index contributed by atoms with van der Waals surface area (Å²) < 4.78 is 0. The van der Waals surface area contributed by atoms with Crippen molar-refractivity contribution in [1.29, 1.82) is 0 Å². The fourth-order valence-electron chi connectivity index (χ4n) is 6.35. The molecule has 38 heavy (non-hydrogen) atoms. The van der Waals surface area contributed by atoms with Crippen LogP contribution in [0.2, 0.25) is 10.0 Å². The molecular formula is C29H41Cl2N5O2. The van der Waals surface area contributed by atoms with Crippen LogP contribution in [-0.2, 0) is 4.79 Å². The van der Waals surface area contributed by atoms with E-state index in [0.717, 1.165) is 63.7 Å². The van der Waals surface area contributed by atoms with Crippen molar-refractivity contribution in [1.82, 2.24) is 25.0 Å². The van der Waals surface area contributed by atoms with E-state index in [0.29, 0.717) is 28.3 Å². The predicted octanol–water partition coefficient (Wildman–Crippen LogP) is 5.02. The third-order valence-corrected chi connectivity index (χ3v) is 9.08. The molecule has 9 heteroatoms. The molecule has 7 nitrogen and oxygen atoms in total. The summed E-state index contributed by atoms with van der Waals surface area (Å²) in [4.78, 5) is 35.8. The Bertz CT molecular complexity index is 1080. The van der Waals surface area contributed by atoms with Gasteiger partial charge in [0.15, 0.2) is 0 Å². The lowest BCUT2D eigenvalue weighted by Crippen LogP contribution is -2.66. The fraction of sp³-hybridized carbons (Fsp3) is 0.586. The van der Waals surface area contributed by atoms with Gasteiger partial charge in [-0.25, -0.2) is 0 Å². The average Bonchev–Trinajstić information content (AvgIpc) is 3.47. The molecule has 0 spiro atoms. The Morgan fingerprint density at radius 1 is 1.11 bits per heavy atom. The molecule has 4 rings (SSSR count). The van der Waals surface area contributed by atoms with Gasteiger partial charge in [-0.15, -0.1) is 0 Å². The molecule has 0 bridgehead atoms. The van der Waals surface area contributed by atoms with Crippen LogP contribution < -0.4 is 5.32 Å². The topological polar surface area (TPSA) is 71.7 Å². The number of hydrogen-bond acceptors (Lipinski definition) is 4. The highest BCUT2D eigenvalue weighted by atomic mass is 35.5. The summed E-state index contributed by atoms with van der Waals surface area (Å²) in [5, 5.41) is 4.50. The first-order valence-corrected chi connectivity index (χ1v) is 14.5. The molecule has 2 aliphatic rings. The number of nitrogens with zero attached hydrogens (tertiary/aromatic N) is 3. The lowest BCUT2D eigenvalue weighted by Gasteiger charge is -2.51. The van der Waals surface area contributed by atoms with Crippen molar-refractivity contribution < 1.29 is 9.59 Å². The van der Waals surface area contributed by atoms with E-state index in [4.69, 9.17) is 23.2 Å². The van der Waals surface area contributed by atoms with Crippen molar-refractivity contribution in [3.8, 4) is 0 Å². The number of carbonyl (C=O) groups excluding carboxylic acids is 2. The number of H-pyrrole nitrogens is 1. The van der Waals surface area contributed by atoms with Crippen LogP contribution in [-0.4, -0.2) is 90.4 Å². The van der Waals surface area contributed by atoms with Crippen molar-refractivity contribution in [2.45, 2.75) is 62.4 Å². The van der Waals surface area contributed by atoms with E-state index in [1.807, 2.05) is 45.4 Å². The summed E-state index contributed by atoms with van der Waals surface area (Å²) in [6.07, 6.45) is 8.65. The number of aromatic nitrogens is 1. The van der Waals surface area contributed by atoms with Gasteiger partial charge in [0.05, 0.1) is 10.0 Å². The van der Waals surface area contributed by atoms with Gasteiger partial charge in [-0.2, -0.15) is 0 Å². The van der Waals surface area contributed by atoms with Crippen LogP contribution in [0.25, 0.3) is 0 Å². The molecular weight excluding hydrogens is 521 g/mol. The third kappa shape index (κ3) is 6.39. The third-order valence-electron chi connectivity index (χ3n) is 8.34. The van der Waals surface area contributed by atoms with E-state index in [2.05, 4.69) is 15.2 Å². The van der Waals surface area contributed by atoms with Crippen LogP contribution >= 0.6 is 23.2 Å². The van der Waals surface area contributed by atoms with Gasteiger partial charge < -0.3 is 20.1 Å². The van der Waals surface area contributed by atoms with Crippen molar-refractivity contribution in [3.05, 3.63) is 57.8 Å². The molecule has 2 atom stereocenters. The summed E-state index contributed by atoms with van der Waals surface area (Å²) in [6, 6.07) is 9.75. The minimum atomic E-state index is -0.445. The maximum atomic E-state index is 13.6. The van der Waals surface area contributed by atoms with Crippen molar-refractivity contribution in [2.24, 2.45) is 0 Å². The van der Waals surface area contributed by atoms with Crippen LogP contribution in [0.1, 0.15) is 66.9 Å². The van der Waals surface area contributed by atoms with Crippen LogP contribution in [0.5, 0.6) is 0 Å². The number of piperidine rings is 2. The zero-order valence-electron chi connectivity index (χ0n) is 22.8. The monoisotopic (exact) mass is 561 g/mol. The number of aromatic amines is 1. The Labute approximate surface area is 236 Å². The first-order valence-electron chi connectivity index (χ1n) is 13.8. The van der Waals surface area contributed by atoms with Crippen molar-refractivity contribution >= 4 is 35.0 Å². The number of likely N-dealkylation sites (N-methyl/N-ethyl adjacent to an activating group) is 2. The summed E-state index contributed by atoms with van der Waals surface area (Å²) in [5.74, 6) is 0.277. The molecule has 0 radical (unpaired) electrons. The smallest absolute Gasteiger partial charge is 0.270 e. The van der Waals surface area contributed by atoms with Gasteiger partial charge in [0.1, 0.15) is 11.2 Å². The second kappa shape index (κ2) is 12.9. The summed E-state index contributed by atoms with van der Waals surface area (Å²) in [5.41, 5.74) is 1.21. The molecule has 208 valence electrons. The zero-order valence-corrected chi connectivity index (χ0v) is 24.3. The number of carbonyl (C=O) groups is 2. The Morgan fingerprint density at radius 2 is 1.87 bits per heavy atom. The van der Waals surface area contributed by atoms with E-state index in [9.17, 15) is 9.59 Å². The predicted molar refractivity (Wildman–Crippen MR) is 154 cm³/mol. The zero-order chi connectivity index (χ0) is 27.3. The maximum absolute atomic E-state index is 13.6. The summed E-state index contributed by atoms with van der Waals surface area (Å²) in [6.45, 7) is 3.24. The van der Waals surface area contributed by atoms with Crippen LogP contribution in [0, 0.1) is 0 Å². The number of amides is 2. The largest absolute Gasteiger partial charge is 0.357 e. The quantitative estimate of drug-likeness (QED) is 0.450.